The topological polar surface area (TPSA) is 81.7 Å². The van der Waals surface area contributed by atoms with E-state index in [-0.39, 0.29) is 30.9 Å². The third kappa shape index (κ3) is 6.17. The van der Waals surface area contributed by atoms with Crippen LogP contribution in [-0.4, -0.2) is 36.9 Å². The van der Waals surface area contributed by atoms with Crippen LogP contribution in [-0.2, 0) is 14.3 Å². The van der Waals surface area contributed by atoms with Crippen molar-refractivity contribution in [2.24, 2.45) is 5.92 Å². The highest BCUT2D eigenvalue weighted by molar-refractivity contribution is 6.08. The standard InChI is InChI=1S/C24H27NO5/c1-17-7-5-6-10-21(17)25-22(26)15-30-23(27)16-29-20-13-11-19(12-14-20)24(28)18-8-3-2-4-9-18/h2-4,8-9,11-14,17,21H,5-7,10,15-16H2,1H3,(H,25,26)/t17-,21-/m1/s1. The molecule has 3 rings (SSSR count). The van der Waals surface area contributed by atoms with E-state index >= 15 is 0 Å². The molecule has 6 heteroatoms. The summed E-state index contributed by atoms with van der Waals surface area (Å²) < 4.78 is 10.4. The van der Waals surface area contributed by atoms with Crippen LogP contribution in [0.5, 0.6) is 5.75 Å². The monoisotopic (exact) mass is 409 g/mol. The molecular formula is C24H27NO5. The van der Waals surface area contributed by atoms with Crippen LogP contribution < -0.4 is 10.1 Å². The average Bonchev–Trinajstić information content (AvgIpc) is 2.78. The molecule has 1 fully saturated rings. The minimum absolute atomic E-state index is 0.0835. The first kappa shape index (κ1) is 21.6. The van der Waals surface area contributed by atoms with Crippen LogP contribution in [0, 0.1) is 5.92 Å². The SMILES string of the molecule is C[C@@H]1CCCC[C@H]1NC(=O)COC(=O)COc1ccc(C(=O)c2ccccc2)cc1. The lowest BCUT2D eigenvalue weighted by molar-refractivity contribution is -0.150. The van der Waals surface area contributed by atoms with E-state index in [1.807, 2.05) is 18.2 Å². The van der Waals surface area contributed by atoms with Crippen molar-refractivity contribution in [2.75, 3.05) is 13.2 Å². The second-order valence-electron chi connectivity index (χ2n) is 7.60. The smallest absolute Gasteiger partial charge is 0.344 e. The second kappa shape index (κ2) is 10.6. The maximum Gasteiger partial charge on any atom is 0.344 e. The van der Waals surface area contributed by atoms with Crippen molar-refractivity contribution in [2.45, 2.75) is 38.6 Å². The summed E-state index contributed by atoms with van der Waals surface area (Å²) >= 11 is 0. The summed E-state index contributed by atoms with van der Waals surface area (Å²) in [7, 11) is 0. The largest absolute Gasteiger partial charge is 0.482 e. The number of hydrogen-bond acceptors (Lipinski definition) is 5. The van der Waals surface area contributed by atoms with E-state index in [2.05, 4.69) is 12.2 Å². The Labute approximate surface area is 176 Å². The molecule has 158 valence electrons. The number of carbonyl (C=O) groups excluding carboxylic acids is 3. The zero-order valence-electron chi connectivity index (χ0n) is 17.1. The van der Waals surface area contributed by atoms with Crippen molar-refractivity contribution in [1.82, 2.24) is 5.32 Å². The second-order valence-corrected chi connectivity index (χ2v) is 7.60. The van der Waals surface area contributed by atoms with Crippen molar-refractivity contribution < 1.29 is 23.9 Å². The highest BCUT2D eigenvalue weighted by atomic mass is 16.6. The summed E-state index contributed by atoms with van der Waals surface area (Å²) in [6.07, 6.45) is 4.38. The van der Waals surface area contributed by atoms with Gasteiger partial charge in [0.15, 0.2) is 19.0 Å². The number of esters is 1. The minimum Gasteiger partial charge on any atom is -0.482 e. The molecule has 30 heavy (non-hydrogen) atoms. The molecule has 0 bridgehead atoms. The summed E-state index contributed by atoms with van der Waals surface area (Å²) in [5.41, 5.74) is 1.14. The van der Waals surface area contributed by atoms with Crippen molar-refractivity contribution in [1.29, 1.82) is 0 Å². The van der Waals surface area contributed by atoms with Crippen molar-refractivity contribution >= 4 is 17.7 Å². The Hall–Kier alpha value is -3.15. The van der Waals surface area contributed by atoms with Crippen LogP contribution in [0.1, 0.15) is 48.5 Å². The van der Waals surface area contributed by atoms with Crippen LogP contribution >= 0.6 is 0 Å². The quantitative estimate of drug-likeness (QED) is 0.533. The van der Waals surface area contributed by atoms with Gasteiger partial charge in [0, 0.05) is 17.2 Å². The molecule has 1 N–H and O–H groups in total. The normalized spacial score (nSPS) is 18.3. The van der Waals surface area contributed by atoms with Gasteiger partial charge in [-0.2, -0.15) is 0 Å². The van der Waals surface area contributed by atoms with E-state index in [0.29, 0.717) is 22.8 Å². The summed E-state index contributed by atoms with van der Waals surface area (Å²) in [4.78, 5) is 36.2. The van der Waals surface area contributed by atoms with Gasteiger partial charge in [0.2, 0.25) is 0 Å². The predicted octanol–water partition coefficient (Wildman–Crippen LogP) is 3.53. The summed E-state index contributed by atoms with van der Waals surface area (Å²) in [6.45, 7) is 1.51. The van der Waals surface area contributed by atoms with Gasteiger partial charge in [-0.25, -0.2) is 4.79 Å². The number of amides is 1. The Kier molecular flexibility index (Phi) is 7.60. The summed E-state index contributed by atoms with van der Waals surface area (Å²) in [6, 6.07) is 15.7. The fourth-order valence-electron chi connectivity index (χ4n) is 3.57. The molecule has 0 unspecified atom stereocenters. The molecule has 2 aromatic carbocycles. The van der Waals surface area contributed by atoms with Gasteiger partial charge in [0.25, 0.3) is 5.91 Å². The lowest BCUT2D eigenvalue weighted by Crippen LogP contribution is -2.43. The predicted molar refractivity (Wildman–Crippen MR) is 112 cm³/mol. The molecule has 0 heterocycles. The summed E-state index contributed by atoms with van der Waals surface area (Å²) in [5, 5.41) is 2.94. The molecule has 2 aromatic rings. The molecule has 1 amide bonds. The molecule has 0 spiro atoms. The maximum atomic E-state index is 12.4. The number of rotatable bonds is 8. The number of ketones is 1. The zero-order valence-corrected chi connectivity index (χ0v) is 17.1. The van der Waals surface area contributed by atoms with E-state index in [1.54, 1.807) is 36.4 Å². The molecule has 6 nitrogen and oxygen atoms in total. The van der Waals surface area contributed by atoms with Crippen LogP contribution in [0.2, 0.25) is 0 Å². The Bertz CT molecular complexity index is 863. The molecule has 1 aliphatic carbocycles. The highest BCUT2D eigenvalue weighted by Crippen LogP contribution is 2.23. The summed E-state index contributed by atoms with van der Waals surface area (Å²) in [5.74, 6) is -0.104. The van der Waals surface area contributed by atoms with Gasteiger partial charge in [-0.05, 0) is 43.0 Å². The Morgan fingerprint density at radius 2 is 1.57 bits per heavy atom. The van der Waals surface area contributed by atoms with Gasteiger partial charge >= 0.3 is 5.97 Å². The van der Waals surface area contributed by atoms with Crippen molar-refractivity contribution in [3.63, 3.8) is 0 Å². The molecule has 0 aliphatic heterocycles. The number of hydrogen-bond donors (Lipinski definition) is 1. The maximum absolute atomic E-state index is 12.4. The third-order valence-corrected chi connectivity index (χ3v) is 5.33. The fourth-order valence-corrected chi connectivity index (χ4v) is 3.57. The number of benzene rings is 2. The Morgan fingerprint density at radius 3 is 2.27 bits per heavy atom. The first-order valence-electron chi connectivity index (χ1n) is 10.3. The lowest BCUT2D eigenvalue weighted by Gasteiger charge is -2.29. The van der Waals surface area contributed by atoms with Crippen LogP contribution in [0.25, 0.3) is 0 Å². The lowest BCUT2D eigenvalue weighted by atomic mass is 9.86. The van der Waals surface area contributed by atoms with Crippen LogP contribution in [0.4, 0.5) is 0 Å². The molecule has 2 atom stereocenters. The van der Waals surface area contributed by atoms with Gasteiger partial charge in [-0.15, -0.1) is 0 Å². The average molecular weight is 409 g/mol. The number of ether oxygens (including phenoxy) is 2. The van der Waals surface area contributed by atoms with E-state index in [4.69, 9.17) is 9.47 Å². The van der Waals surface area contributed by atoms with E-state index in [9.17, 15) is 14.4 Å². The Balaban J connectivity index is 1.40. The molecule has 0 aromatic heterocycles. The van der Waals surface area contributed by atoms with Gasteiger partial charge < -0.3 is 14.8 Å². The molecule has 0 radical (unpaired) electrons. The highest BCUT2D eigenvalue weighted by Gasteiger charge is 2.23. The van der Waals surface area contributed by atoms with Crippen LogP contribution in [0.15, 0.2) is 54.6 Å². The third-order valence-electron chi connectivity index (χ3n) is 5.33. The van der Waals surface area contributed by atoms with E-state index in [1.165, 1.54) is 6.42 Å². The Morgan fingerprint density at radius 1 is 0.900 bits per heavy atom. The molecule has 0 saturated heterocycles. The van der Waals surface area contributed by atoms with Crippen molar-refractivity contribution in [3.05, 3.63) is 65.7 Å². The van der Waals surface area contributed by atoms with Crippen LogP contribution in [0.3, 0.4) is 0 Å². The van der Waals surface area contributed by atoms with Gasteiger partial charge in [-0.3, -0.25) is 9.59 Å². The van der Waals surface area contributed by atoms with Gasteiger partial charge in [-0.1, -0.05) is 50.1 Å². The fraction of sp³-hybridized carbons (Fsp3) is 0.375. The molecule has 1 saturated carbocycles. The first-order chi connectivity index (χ1) is 14.5. The molecule has 1 aliphatic rings. The van der Waals surface area contributed by atoms with Gasteiger partial charge in [0.1, 0.15) is 5.75 Å². The van der Waals surface area contributed by atoms with Gasteiger partial charge in [0.05, 0.1) is 0 Å². The first-order valence-corrected chi connectivity index (χ1v) is 10.3. The number of nitrogens with one attached hydrogen (secondary N) is 1. The molecular weight excluding hydrogens is 382 g/mol. The number of carbonyl (C=O) groups is 3. The van der Waals surface area contributed by atoms with E-state index in [0.717, 1.165) is 19.3 Å². The minimum atomic E-state index is -0.619. The van der Waals surface area contributed by atoms with E-state index < -0.39 is 5.97 Å². The zero-order chi connectivity index (χ0) is 21.3. The van der Waals surface area contributed by atoms with Crippen molar-refractivity contribution in [3.8, 4) is 5.75 Å².